The minimum Gasteiger partial charge on any atom is -0.463 e. The number of carbonyl (C=O) groups excluding carboxylic acids is 1. The molecule has 3 rings (SSSR count). The lowest BCUT2D eigenvalue weighted by molar-refractivity contribution is -0.137. The van der Waals surface area contributed by atoms with E-state index in [9.17, 15) is 14.3 Å². The largest absolute Gasteiger partial charge is 0.463 e. The monoisotopic (exact) mass is 497 g/mol. The van der Waals surface area contributed by atoms with Crippen molar-refractivity contribution in [1.82, 2.24) is 5.32 Å². The first kappa shape index (κ1) is 28.0. The number of aliphatic hydroxyl groups is 1. The van der Waals surface area contributed by atoms with Gasteiger partial charge in [-0.25, -0.2) is 9.18 Å². The molecule has 2 aromatic rings. The summed E-state index contributed by atoms with van der Waals surface area (Å²) in [7, 11) is 0. The maximum Gasteiger partial charge on any atom is 0.330 e. The predicted octanol–water partition coefficient (Wildman–Crippen LogP) is 5.40. The number of hydrogen-bond donors (Lipinski definition) is 2. The lowest BCUT2D eigenvalue weighted by Crippen LogP contribution is -2.45. The summed E-state index contributed by atoms with van der Waals surface area (Å²) >= 11 is 0. The summed E-state index contributed by atoms with van der Waals surface area (Å²) in [5.41, 5.74) is 3.71. The molecule has 0 spiro atoms. The Morgan fingerprint density at radius 1 is 1.17 bits per heavy atom. The zero-order valence-electron chi connectivity index (χ0n) is 21.9. The van der Waals surface area contributed by atoms with E-state index in [1.807, 2.05) is 6.92 Å². The van der Waals surface area contributed by atoms with Gasteiger partial charge < -0.3 is 19.9 Å². The second kappa shape index (κ2) is 13.1. The van der Waals surface area contributed by atoms with Crippen LogP contribution in [0.15, 0.2) is 48.5 Å². The molecule has 0 aliphatic heterocycles. The van der Waals surface area contributed by atoms with Crippen LogP contribution in [0.2, 0.25) is 0 Å². The van der Waals surface area contributed by atoms with Crippen molar-refractivity contribution in [3.05, 3.63) is 76.6 Å². The van der Waals surface area contributed by atoms with Crippen molar-refractivity contribution in [3.63, 3.8) is 0 Å². The predicted molar refractivity (Wildman–Crippen MR) is 141 cm³/mol. The molecule has 0 saturated heterocycles. The Labute approximate surface area is 214 Å². The van der Waals surface area contributed by atoms with Gasteiger partial charge in [0.2, 0.25) is 0 Å². The molecule has 1 aliphatic rings. The van der Waals surface area contributed by atoms with Crippen LogP contribution in [0.25, 0.3) is 6.08 Å². The van der Waals surface area contributed by atoms with Crippen molar-refractivity contribution >= 4 is 12.0 Å². The number of ether oxygens (including phenoxy) is 2. The van der Waals surface area contributed by atoms with Gasteiger partial charge in [-0.2, -0.15) is 0 Å². The lowest BCUT2D eigenvalue weighted by atomic mass is 9.88. The van der Waals surface area contributed by atoms with Gasteiger partial charge in [-0.3, -0.25) is 0 Å². The third-order valence-electron chi connectivity index (χ3n) is 6.72. The number of nitrogens with one attached hydrogen (secondary N) is 1. The first-order chi connectivity index (χ1) is 17.2. The van der Waals surface area contributed by atoms with E-state index in [1.54, 1.807) is 19.1 Å². The number of carbonyl (C=O) groups is 1. The Morgan fingerprint density at radius 3 is 2.50 bits per heavy atom. The highest BCUT2D eigenvalue weighted by Gasteiger charge is 2.28. The van der Waals surface area contributed by atoms with Crippen LogP contribution >= 0.6 is 0 Å². The van der Waals surface area contributed by atoms with E-state index < -0.39 is 24.0 Å². The van der Waals surface area contributed by atoms with E-state index in [2.05, 4.69) is 43.4 Å². The number of rotatable bonds is 13. The summed E-state index contributed by atoms with van der Waals surface area (Å²) in [4.78, 5) is 11.7. The third kappa shape index (κ3) is 7.99. The van der Waals surface area contributed by atoms with E-state index in [1.165, 1.54) is 29.3 Å². The summed E-state index contributed by atoms with van der Waals surface area (Å²) < 4.78 is 25.5. The molecule has 2 N–H and O–H groups in total. The Bertz CT molecular complexity index is 1010. The fourth-order valence-corrected chi connectivity index (χ4v) is 5.05. The van der Waals surface area contributed by atoms with Crippen LogP contribution in [0.5, 0.6) is 0 Å². The van der Waals surface area contributed by atoms with Gasteiger partial charge in [0.1, 0.15) is 5.82 Å². The van der Waals surface area contributed by atoms with Gasteiger partial charge in [-0.05, 0) is 81.2 Å². The van der Waals surface area contributed by atoms with Crippen LogP contribution in [0.1, 0.15) is 68.9 Å². The molecular formula is C30H40FNO4. The van der Waals surface area contributed by atoms with Crippen LogP contribution in [0.4, 0.5) is 4.39 Å². The molecule has 0 heterocycles. The molecule has 0 fully saturated rings. The van der Waals surface area contributed by atoms with E-state index in [-0.39, 0.29) is 18.8 Å². The SMILES string of the molecule is CCOC(=O)/C=C/c1c(F)cccc1[C@@H](CC)OC[C@H](O)CNC(C)(C)CC1Cc2ccccc2C1. The highest BCUT2D eigenvalue weighted by atomic mass is 19.1. The summed E-state index contributed by atoms with van der Waals surface area (Å²) in [5.74, 6) is -0.365. The molecule has 196 valence electrons. The van der Waals surface area contributed by atoms with Gasteiger partial charge in [0.25, 0.3) is 0 Å². The molecule has 1 aliphatic carbocycles. The first-order valence-corrected chi connectivity index (χ1v) is 13.0. The van der Waals surface area contributed by atoms with E-state index in [0.29, 0.717) is 30.0 Å². The maximum absolute atomic E-state index is 14.6. The molecule has 0 radical (unpaired) electrons. The second-order valence-corrected chi connectivity index (χ2v) is 10.2. The van der Waals surface area contributed by atoms with Crippen molar-refractivity contribution in [2.45, 2.75) is 71.1 Å². The number of halogens is 1. The highest BCUT2D eigenvalue weighted by molar-refractivity contribution is 5.87. The molecule has 2 aromatic carbocycles. The summed E-state index contributed by atoms with van der Waals surface area (Å²) in [6.07, 6.45) is 5.35. The van der Waals surface area contributed by atoms with Crippen molar-refractivity contribution in [3.8, 4) is 0 Å². The van der Waals surface area contributed by atoms with Gasteiger partial charge in [-0.15, -0.1) is 0 Å². The van der Waals surface area contributed by atoms with Gasteiger partial charge in [0.05, 0.1) is 25.4 Å². The van der Waals surface area contributed by atoms with Crippen LogP contribution in [0, 0.1) is 11.7 Å². The van der Waals surface area contributed by atoms with Gasteiger partial charge >= 0.3 is 5.97 Å². The van der Waals surface area contributed by atoms with Crippen LogP contribution in [-0.2, 0) is 27.1 Å². The molecule has 6 heteroatoms. The molecular weight excluding hydrogens is 457 g/mol. The van der Waals surface area contributed by atoms with Gasteiger partial charge in [-0.1, -0.05) is 43.3 Å². The molecule has 0 unspecified atom stereocenters. The number of benzene rings is 2. The van der Waals surface area contributed by atoms with Crippen molar-refractivity contribution in [2.24, 2.45) is 5.92 Å². The zero-order valence-corrected chi connectivity index (χ0v) is 21.9. The molecule has 0 bridgehead atoms. The quantitative estimate of drug-likeness (QED) is 0.286. The molecule has 0 saturated carbocycles. The normalized spacial score (nSPS) is 15.7. The van der Waals surface area contributed by atoms with Crippen molar-refractivity contribution in [1.29, 1.82) is 0 Å². The third-order valence-corrected chi connectivity index (χ3v) is 6.72. The minimum atomic E-state index is -0.703. The summed E-state index contributed by atoms with van der Waals surface area (Å²) in [6.45, 7) is 8.79. The van der Waals surface area contributed by atoms with E-state index in [4.69, 9.17) is 9.47 Å². The molecule has 2 atom stereocenters. The smallest absolute Gasteiger partial charge is 0.330 e. The van der Waals surface area contributed by atoms with Gasteiger partial charge in [0, 0.05) is 23.7 Å². The Balaban J connectivity index is 1.52. The average Bonchev–Trinajstić information content (AvgIpc) is 3.24. The number of fused-ring (bicyclic) bond motifs is 1. The summed E-state index contributed by atoms with van der Waals surface area (Å²) in [5, 5.41) is 14.1. The molecule has 36 heavy (non-hydrogen) atoms. The maximum atomic E-state index is 14.6. The van der Waals surface area contributed by atoms with Crippen molar-refractivity contribution in [2.75, 3.05) is 19.8 Å². The lowest BCUT2D eigenvalue weighted by Gasteiger charge is -2.31. The van der Waals surface area contributed by atoms with Crippen LogP contribution in [-0.4, -0.2) is 42.5 Å². The topological polar surface area (TPSA) is 67.8 Å². The van der Waals surface area contributed by atoms with E-state index in [0.717, 1.165) is 19.3 Å². The number of hydrogen-bond acceptors (Lipinski definition) is 5. The Morgan fingerprint density at radius 2 is 1.86 bits per heavy atom. The molecule has 5 nitrogen and oxygen atoms in total. The van der Waals surface area contributed by atoms with Crippen LogP contribution < -0.4 is 5.32 Å². The Kier molecular flexibility index (Phi) is 10.2. The number of aliphatic hydroxyl groups excluding tert-OH is 1. The van der Waals surface area contributed by atoms with Crippen molar-refractivity contribution < 1.29 is 23.8 Å². The fraction of sp³-hybridized carbons (Fsp3) is 0.500. The second-order valence-electron chi connectivity index (χ2n) is 10.2. The standard InChI is InChI=1S/C30H40FNO4/c1-5-28(26-12-9-13-27(31)25(26)14-15-29(34)35-6-2)36-20-24(33)19-32-30(3,4)18-21-16-22-10-7-8-11-23(22)17-21/h7-15,21,24,28,32-33H,5-6,16-20H2,1-4H3/b15-14+/t24-,28-/m1/s1. The average molecular weight is 498 g/mol. The number of esters is 1. The van der Waals surface area contributed by atoms with Gasteiger partial charge in [0.15, 0.2) is 0 Å². The zero-order chi connectivity index (χ0) is 26.1. The summed E-state index contributed by atoms with van der Waals surface area (Å²) in [6, 6.07) is 13.4. The highest BCUT2D eigenvalue weighted by Crippen LogP contribution is 2.32. The molecule has 0 amide bonds. The minimum absolute atomic E-state index is 0.119. The Hall–Kier alpha value is -2.54. The first-order valence-electron chi connectivity index (χ1n) is 13.0. The van der Waals surface area contributed by atoms with E-state index >= 15 is 0 Å². The van der Waals surface area contributed by atoms with Crippen LogP contribution in [0.3, 0.4) is 0 Å². The molecule has 0 aromatic heterocycles. The fourth-order valence-electron chi connectivity index (χ4n) is 5.05. The number of β-amino-alcohol motifs (C(OH)–C–C–N with tert-alkyl or cyclic N) is 1.